The topological polar surface area (TPSA) is 56.3 Å². The summed E-state index contributed by atoms with van der Waals surface area (Å²) in [6.45, 7) is 3.70. The Morgan fingerprint density at radius 3 is 2.77 bits per heavy atom. The first-order valence-corrected chi connectivity index (χ1v) is 7.67. The lowest BCUT2D eigenvalue weighted by Crippen LogP contribution is -2.30. The Kier molecular flexibility index (Phi) is 3.92. The van der Waals surface area contributed by atoms with Crippen molar-refractivity contribution >= 4 is 22.7 Å². The van der Waals surface area contributed by atoms with Gasteiger partial charge < -0.3 is 4.74 Å². The van der Waals surface area contributed by atoms with E-state index in [1.54, 1.807) is 6.92 Å². The summed E-state index contributed by atoms with van der Waals surface area (Å²) in [7, 11) is 0. The minimum atomic E-state index is -0.591. The van der Waals surface area contributed by atoms with Crippen molar-refractivity contribution in [1.82, 2.24) is 4.98 Å². The van der Waals surface area contributed by atoms with Crippen LogP contribution in [0.5, 0.6) is 0 Å². The van der Waals surface area contributed by atoms with Crippen LogP contribution < -0.4 is 0 Å². The molecule has 1 heterocycles. The van der Waals surface area contributed by atoms with E-state index in [-0.39, 0.29) is 5.78 Å². The SMILES string of the molecule is Cc1nc2ccccc2c(C)c1C(=O)O[C@@H]1CCCCC1=O. The summed E-state index contributed by atoms with van der Waals surface area (Å²) >= 11 is 0. The molecule has 22 heavy (non-hydrogen) atoms. The quantitative estimate of drug-likeness (QED) is 0.796. The number of esters is 1. The minimum absolute atomic E-state index is 0.0312. The van der Waals surface area contributed by atoms with Crippen molar-refractivity contribution in [2.75, 3.05) is 0 Å². The molecular formula is C18H19NO3. The predicted molar refractivity (Wildman–Crippen MR) is 83.9 cm³/mol. The smallest absolute Gasteiger partial charge is 0.340 e. The Hall–Kier alpha value is -2.23. The monoisotopic (exact) mass is 297 g/mol. The van der Waals surface area contributed by atoms with Gasteiger partial charge in [-0.05, 0) is 44.7 Å². The summed E-state index contributed by atoms with van der Waals surface area (Å²) in [5.74, 6) is -0.405. The van der Waals surface area contributed by atoms with Crippen molar-refractivity contribution in [3.05, 3.63) is 41.1 Å². The number of rotatable bonds is 2. The first kappa shape index (κ1) is 14.7. The second kappa shape index (κ2) is 5.87. The van der Waals surface area contributed by atoms with Crippen LogP contribution in [-0.4, -0.2) is 22.8 Å². The highest BCUT2D eigenvalue weighted by atomic mass is 16.5. The number of nitrogens with zero attached hydrogens (tertiary/aromatic N) is 1. The molecule has 0 amide bonds. The van der Waals surface area contributed by atoms with Crippen molar-refractivity contribution in [2.24, 2.45) is 0 Å². The third-order valence-electron chi connectivity index (χ3n) is 4.29. The molecule has 4 nitrogen and oxygen atoms in total. The van der Waals surface area contributed by atoms with Gasteiger partial charge in [-0.2, -0.15) is 0 Å². The number of ketones is 1. The standard InChI is InChI=1S/C18H19NO3/c1-11-13-7-3-4-8-14(13)19-12(2)17(11)18(21)22-16-10-6-5-9-15(16)20/h3-4,7-8,16H,5-6,9-10H2,1-2H3/t16-/m1/s1. The van der Waals surface area contributed by atoms with Crippen molar-refractivity contribution in [2.45, 2.75) is 45.6 Å². The van der Waals surface area contributed by atoms with E-state index >= 15 is 0 Å². The minimum Gasteiger partial charge on any atom is -0.451 e. The number of carbonyl (C=O) groups excluding carboxylic acids is 2. The normalized spacial score (nSPS) is 18.5. The van der Waals surface area contributed by atoms with E-state index in [9.17, 15) is 9.59 Å². The number of carbonyl (C=O) groups is 2. The van der Waals surface area contributed by atoms with Gasteiger partial charge in [0.25, 0.3) is 0 Å². The van der Waals surface area contributed by atoms with Gasteiger partial charge in [-0.3, -0.25) is 9.78 Å². The molecule has 0 spiro atoms. The molecule has 1 aliphatic carbocycles. The largest absolute Gasteiger partial charge is 0.451 e. The zero-order chi connectivity index (χ0) is 15.7. The van der Waals surface area contributed by atoms with E-state index in [1.807, 2.05) is 31.2 Å². The maximum atomic E-state index is 12.5. The molecular weight excluding hydrogens is 278 g/mol. The number of benzene rings is 1. The molecule has 0 unspecified atom stereocenters. The predicted octanol–water partition coefficient (Wildman–Crippen LogP) is 3.52. The van der Waals surface area contributed by atoms with Crippen LogP contribution in [0.15, 0.2) is 24.3 Å². The van der Waals surface area contributed by atoms with Crippen molar-refractivity contribution < 1.29 is 14.3 Å². The van der Waals surface area contributed by atoms with Crippen LogP contribution in [0.3, 0.4) is 0 Å². The molecule has 1 atom stereocenters. The Bertz CT molecular complexity index is 751. The van der Waals surface area contributed by atoms with Gasteiger partial charge in [-0.15, -0.1) is 0 Å². The van der Waals surface area contributed by atoms with Gasteiger partial charge in [0.2, 0.25) is 0 Å². The Morgan fingerprint density at radius 2 is 2.00 bits per heavy atom. The van der Waals surface area contributed by atoms with Crippen molar-refractivity contribution in [3.63, 3.8) is 0 Å². The maximum absolute atomic E-state index is 12.5. The Balaban J connectivity index is 1.95. The molecule has 1 fully saturated rings. The average molecular weight is 297 g/mol. The van der Waals surface area contributed by atoms with E-state index in [0.29, 0.717) is 24.1 Å². The molecule has 114 valence electrons. The van der Waals surface area contributed by atoms with E-state index in [2.05, 4.69) is 4.98 Å². The summed E-state index contributed by atoms with van der Waals surface area (Å²) in [6, 6.07) is 7.72. The number of fused-ring (bicyclic) bond motifs is 1. The number of aromatic nitrogens is 1. The lowest BCUT2D eigenvalue weighted by Gasteiger charge is -2.21. The highest BCUT2D eigenvalue weighted by Crippen LogP contribution is 2.25. The third-order valence-corrected chi connectivity index (χ3v) is 4.29. The van der Waals surface area contributed by atoms with Crippen molar-refractivity contribution in [1.29, 1.82) is 0 Å². The fourth-order valence-electron chi connectivity index (χ4n) is 3.10. The summed E-state index contributed by atoms with van der Waals surface area (Å²) in [6.07, 6.45) is 2.36. The van der Waals surface area contributed by atoms with Gasteiger partial charge in [0.05, 0.1) is 16.8 Å². The molecule has 1 aromatic carbocycles. The molecule has 0 bridgehead atoms. The number of hydrogen-bond acceptors (Lipinski definition) is 4. The van der Waals surface area contributed by atoms with Gasteiger partial charge in [-0.1, -0.05) is 18.2 Å². The van der Waals surface area contributed by atoms with Crippen LogP contribution in [0.1, 0.15) is 47.3 Å². The fourth-order valence-corrected chi connectivity index (χ4v) is 3.10. The van der Waals surface area contributed by atoms with Crippen LogP contribution in [0.2, 0.25) is 0 Å². The van der Waals surface area contributed by atoms with Crippen molar-refractivity contribution in [3.8, 4) is 0 Å². The molecule has 1 saturated carbocycles. The number of aryl methyl sites for hydroxylation is 2. The van der Waals surface area contributed by atoms with Crippen LogP contribution >= 0.6 is 0 Å². The third kappa shape index (κ3) is 2.61. The molecule has 1 aromatic heterocycles. The number of para-hydroxylation sites is 1. The van der Waals surface area contributed by atoms with Gasteiger partial charge in [0.15, 0.2) is 11.9 Å². The van der Waals surface area contributed by atoms with E-state index < -0.39 is 12.1 Å². The second-order valence-corrected chi connectivity index (χ2v) is 5.82. The zero-order valence-corrected chi connectivity index (χ0v) is 12.9. The summed E-state index contributed by atoms with van der Waals surface area (Å²) < 4.78 is 5.47. The summed E-state index contributed by atoms with van der Waals surface area (Å²) in [5.41, 5.74) is 2.85. The Morgan fingerprint density at radius 1 is 1.23 bits per heavy atom. The highest BCUT2D eigenvalue weighted by molar-refractivity contribution is 5.99. The molecule has 0 radical (unpaired) electrons. The van der Waals surface area contributed by atoms with E-state index in [0.717, 1.165) is 29.3 Å². The number of Topliss-reactive ketones (excluding diaryl/α,β-unsaturated/α-hetero) is 1. The van der Waals surface area contributed by atoms with Crippen LogP contribution in [0, 0.1) is 13.8 Å². The molecule has 2 aromatic rings. The number of hydrogen-bond donors (Lipinski definition) is 0. The molecule has 0 aliphatic heterocycles. The van der Waals surface area contributed by atoms with Gasteiger partial charge in [0, 0.05) is 11.8 Å². The van der Waals surface area contributed by atoms with Crippen LogP contribution in [0.4, 0.5) is 0 Å². The van der Waals surface area contributed by atoms with Crippen LogP contribution in [0.25, 0.3) is 10.9 Å². The summed E-state index contributed by atoms with van der Waals surface area (Å²) in [5, 5.41) is 0.940. The molecule has 0 saturated heterocycles. The van der Waals surface area contributed by atoms with Gasteiger partial charge in [0.1, 0.15) is 0 Å². The first-order valence-electron chi connectivity index (χ1n) is 7.67. The molecule has 3 rings (SSSR count). The molecule has 0 N–H and O–H groups in total. The molecule has 1 aliphatic rings. The fraction of sp³-hybridized carbons (Fsp3) is 0.389. The Labute approximate surface area is 129 Å². The number of pyridine rings is 1. The second-order valence-electron chi connectivity index (χ2n) is 5.82. The number of ether oxygens (including phenoxy) is 1. The van der Waals surface area contributed by atoms with E-state index in [1.165, 1.54) is 0 Å². The highest BCUT2D eigenvalue weighted by Gasteiger charge is 2.28. The zero-order valence-electron chi connectivity index (χ0n) is 12.9. The van der Waals surface area contributed by atoms with E-state index in [4.69, 9.17) is 4.74 Å². The molecule has 4 heteroatoms. The lowest BCUT2D eigenvalue weighted by atomic mass is 9.96. The van der Waals surface area contributed by atoms with Crippen LogP contribution in [-0.2, 0) is 9.53 Å². The maximum Gasteiger partial charge on any atom is 0.340 e. The average Bonchev–Trinajstić information content (AvgIpc) is 2.49. The van der Waals surface area contributed by atoms with Gasteiger partial charge in [-0.25, -0.2) is 4.79 Å². The first-order chi connectivity index (χ1) is 10.6. The van der Waals surface area contributed by atoms with Gasteiger partial charge >= 0.3 is 5.97 Å². The summed E-state index contributed by atoms with van der Waals surface area (Å²) in [4.78, 5) is 28.9. The lowest BCUT2D eigenvalue weighted by molar-refractivity contribution is -0.129.